The third-order valence-corrected chi connectivity index (χ3v) is 6.77. The molecule has 0 spiro atoms. The van der Waals surface area contributed by atoms with Gasteiger partial charge in [0.25, 0.3) is 0 Å². The van der Waals surface area contributed by atoms with Gasteiger partial charge in [-0.25, -0.2) is 0 Å². The summed E-state index contributed by atoms with van der Waals surface area (Å²) in [5.74, 6) is 0.546. The van der Waals surface area contributed by atoms with Crippen LogP contribution in [0.3, 0.4) is 0 Å². The standard InChI is InChI=1S/C16H19N3O2S3/c1-4-14(21)19(11-5-6-11)15-17-18-16(24-15)22-8-13(20)12-7-9(2)23-10(12)3/h7,11H,4-6,8H2,1-3H3. The Morgan fingerprint density at radius 1 is 1.29 bits per heavy atom. The van der Waals surface area contributed by atoms with Gasteiger partial charge in [-0.2, -0.15) is 0 Å². The molecular formula is C16H19N3O2S3. The van der Waals surface area contributed by atoms with E-state index in [9.17, 15) is 9.59 Å². The first kappa shape index (κ1) is 17.6. The summed E-state index contributed by atoms with van der Waals surface area (Å²) in [5, 5.41) is 8.96. The van der Waals surface area contributed by atoms with Crippen molar-refractivity contribution in [2.24, 2.45) is 0 Å². The number of hydrogen-bond donors (Lipinski definition) is 0. The molecule has 0 bridgehead atoms. The van der Waals surface area contributed by atoms with E-state index in [1.54, 1.807) is 16.2 Å². The van der Waals surface area contributed by atoms with Gasteiger partial charge in [0, 0.05) is 27.8 Å². The van der Waals surface area contributed by atoms with E-state index in [1.807, 2.05) is 26.8 Å². The largest absolute Gasteiger partial charge is 0.293 e. The van der Waals surface area contributed by atoms with Gasteiger partial charge in [0.15, 0.2) is 10.1 Å². The molecule has 0 saturated heterocycles. The minimum atomic E-state index is 0.0886. The van der Waals surface area contributed by atoms with E-state index in [1.165, 1.54) is 23.1 Å². The first-order chi connectivity index (χ1) is 11.5. The Labute approximate surface area is 153 Å². The molecule has 0 N–H and O–H groups in total. The molecule has 5 nitrogen and oxygen atoms in total. The number of Topliss-reactive ketones (excluding diaryl/α,β-unsaturated/α-hetero) is 1. The smallest absolute Gasteiger partial charge is 0.228 e. The molecule has 0 aromatic carbocycles. The number of thiophene rings is 1. The van der Waals surface area contributed by atoms with Gasteiger partial charge in [0.05, 0.1) is 5.75 Å². The van der Waals surface area contributed by atoms with E-state index >= 15 is 0 Å². The third-order valence-electron chi connectivity index (χ3n) is 3.75. The van der Waals surface area contributed by atoms with Gasteiger partial charge in [-0.05, 0) is 32.8 Å². The Kier molecular flexibility index (Phi) is 5.36. The predicted molar refractivity (Wildman–Crippen MR) is 99.6 cm³/mol. The topological polar surface area (TPSA) is 63.2 Å². The molecule has 1 saturated carbocycles. The Morgan fingerprint density at radius 2 is 2.04 bits per heavy atom. The Bertz CT molecular complexity index is 764. The second-order valence-corrected chi connectivity index (χ2v) is 9.38. The number of thioether (sulfide) groups is 1. The summed E-state index contributed by atoms with van der Waals surface area (Å²) in [7, 11) is 0. The van der Waals surface area contributed by atoms with Crippen LogP contribution in [0, 0.1) is 13.8 Å². The number of carbonyl (C=O) groups is 2. The molecule has 0 radical (unpaired) electrons. The van der Waals surface area contributed by atoms with Crippen molar-refractivity contribution in [2.45, 2.75) is 50.4 Å². The zero-order valence-corrected chi connectivity index (χ0v) is 16.3. The van der Waals surface area contributed by atoms with Crippen molar-refractivity contribution in [2.75, 3.05) is 10.7 Å². The van der Waals surface area contributed by atoms with Crippen LogP contribution in [0.4, 0.5) is 5.13 Å². The molecule has 1 aliphatic carbocycles. The molecule has 1 amide bonds. The van der Waals surface area contributed by atoms with Crippen molar-refractivity contribution in [3.63, 3.8) is 0 Å². The van der Waals surface area contributed by atoms with Crippen LogP contribution in [0.1, 0.15) is 46.3 Å². The van der Waals surface area contributed by atoms with Gasteiger partial charge in [-0.1, -0.05) is 30.0 Å². The van der Waals surface area contributed by atoms with Crippen LogP contribution in [0.25, 0.3) is 0 Å². The van der Waals surface area contributed by atoms with Crippen LogP contribution in [-0.4, -0.2) is 33.7 Å². The number of amides is 1. The Balaban J connectivity index is 1.64. The van der Waals surface area contributed by atoms with Crippen molar-refractivity contribution in [1.82, 2.24) is 10.2 Å². The highest BCUT2D eigenvalue weighted by Gasteiger charge is 2.35. The van der Waals surface area contributed by atoms with E-state index in [0.717, 1.165) is 32.5 Å². The number of carbonyl (C=O) groups excluding carboxylic acids is 2. The lowest BCUT2D eigenvalue weighted by Gasteiger charge is -2.17. The summed E-state index contributed by atoms with van der Waals surface area (Å²) < 4.78 is 0.734. The van der Waals surface area contributed by atoms with Crippen LogP contribution >= 0.6 is 34.4 Å². The number of nitrogens with zero attached hydrogens (tertiary/aromatic N) is 3. The highest BCUT2D eigenvalue weighted by Crippen LogP contribution is 2.36. The van der Waals surface area contributed by atoms with Crippen LogP contribution < -0.4 is 4.90 Å². The van der Waals surface area contributed by atoms with Crippen LogP contribution in [0.15, 0.2) is 10.4 Å². The molecule has 0 aliphatic heterocycles. The van der Waals surface area contributed by atoms with Crippen molar-refractivity contribution in [3.05, 3.63) is 21.4 Å². The summed E-state index contributed by atoms with van der Waals surface area (Å²) in [4.78, 5) is 28.4. The molecule has 2 aromatic rings. The van der Waals surface area contributed by atoms with Gasteiger partial charge in [-0.15, -0.1) is 21.5 Å². The monoisotopic (exact) mass is 381 g/mol. The number of ketones is 1. The lowest BCUT2D eigenvalue weighted by molar-refractivity contribution is -0.118. The fourth-order valence-corrected chi connectivity index (χ4v) is 5.20. The van der Waals surface area contributed by atoms with E-state index in [-0.39, 0.29) is 17.7 Å². The number of rotatable bonds is 7. The van der Waals surface area contributed by atoms with E-state index < -0.39 is 0 Å². The molecule has 3 rings (SSSR count). The normalized spacial score (nSPS) is 14.0. The second kappa shape index (κ2) is 7.33. The summed E-state index contributed by atoms with van der Waals surface area (Å²) in [6, 6.07) is 2.23. The van der Waals surface area contributed by atoms with Crippen molar-refractivity contribution >= 4 is 51.3 Å². The zero-order valence-electron chi connectivity index (χ0n) is 13.9. The minimum absolute atomic E-state index is 0.0886. The SMILES string of the molecule is CCC(=O)N(c1nnc(SCC(=O)c2cc(C)sc2C)s1)C1CC1. The zero-order chi connectivity index (χ0) is 17.3. The maximum atomic E-state index is 12.3. The number of hydrogen-bond acceptors (Lipinski definition) is 7. The van der Waals surface area contributed by atoms with Crippen LogP contribution in [0.5, 0.6) is 0 Å². The molecule has 24 heavy (non-hydrogen) atoms. The fraction of sp³-hybridized carbons (Fsp3) is 0.500. The summed E-state index contributed by atoms with van der Waals surface area (Å²) in [5.41, 5.74) is 0.801. The number of anilines is 1. The molecular weight excluding hydrogens is 362 g/mol. The number of aryl methyl sites for hydroxylation is 2. The molecule has 2 aromatic heterocycles. The molecule has 8 heteroatoms. The van der Waals surface area contributed by atoms with E-state index in [4.69, 9.17) is 0 Å². The third kappa shape index (κ3) is 3.87. The average Bonchev–Trinajstić information content (AvgIpc) is 3.17. The Morgan fingerprint density at radius 3 is 2.62 bits per heavy atom. The maximum absolute atomic E-state index is 12.3. The second-order valence-electron chi connectivity index (χ2n) is 5.74. The quantitative estimate of drug-likeness (QED) is 0.410. The minimum Gasteiger partial charge on any atom is -0.293 e. The number of aromatic nitrogens is 2. The highest BCUT2D eigenvalue weighted by molar-refractivity contribution is 8.01. The van der Waals surface area contributed by atoms with Gasteiger partial charge >= 0.3 is 0 Å². The fourth-order valence-electron chi connectivity index (χ4n) is 2.44. The predicted octanol–water partition coefficient (Wildman–Crippen LogP) is 4.10. The summed E-state index contributed by atoms with van der Waals surface area (Å²) >= 11 is 4.43. The first-order valence-electron chi connectivity index (χ1n) is 7.88. The Hall–Kier alpha value is -1.25. The van der Waals surface area contributed by atoms with Crippen LogP contribution in [-0.2, 0) is 4.79 Å². The van der Waals surface area contributed by atoms with Crippen molar-refractivity contribution in [1.29, 1.82) is 0 Å². The molecule has 1 aliphatic rings. The molecule has 128 valence electrons. The highest BCUT2D eigenvalue weighted by atomic mass is 32.2. The summed E-state index contributed by atoms with van der Waals surface area (Å²) in [6.45, 7) is 5.84. The van der Waals surface area contributed by atoms with Gasteiger partial charge in [0.2, 0.25) is 11.0 Å². The van der Waals surface area contributed by atoms with Gasteiger partial charge in [-0.3, -0.25) is 14.5 Å². The molecule has 0 unspecified atom stereocenters. The lowest BCUT2D eigenvalue weighted by Crippen LogP contribution is -2.32. The van der Waals surface area contributed by atoms with Crippen molar-refractivity contribution in [3.8, 4) is 0 Å². The van der Waals surface area contributed by atoms with Gasteiger partial charge in [0.1, 0.15) is 0 Å². The summed E-state index contributed by atoms with van der Waals surface area (Å²) in [6.07, 6.45) is 2.53. The van der Waals surface area contributed by atoms with E-state index in [0.29, 0.717) is 17.3 Å². The first-order valence-corrected chi connectivity index (χ1v) is 10.5. The van der Waals surface area contributed by atoms with Crippen LogP contribution in [0.2, 0.25) is 0 Å². The lowest BCUT2D eigenvalue weighted by atomic mass is 10.2. The molecule has 1 fully saturated rings. The van der Waals surface area contributed by atoms with Crippen molar-refractivity contribution < 1.29 is 9.59 Å². The average molecular weight is 382 g/mol. The molecule has 2 heterocycles. The molecule has 0 atom stereocenters. The maximum Gasteiger partial charge on any atom is 0.228 e. The van der Waals surface area contributed by atoms with E-state index in [2.05, 4.69) is 10.2 Å². The van der Waals surface area contributed by atoms with Gasteiger partial charge < -0.3 is 0 Å².